The largest absolute Gasteiger partial charge is 0.493 e. The summed E-state index contributed by atoms with van der Waals surface area (Å²) in [6, 6.07) is 13.7. The molecule has 0 atom stereocenters. The fraction of sp³-hybridized carbons (Fsp3) is 0.238. The molecule has 0 spiro atoms. The number of nitrogens with one attached hydrogen (secondary N) is 2. The van der Waals surface area contributed by atoms with Crippen LogP contribution in [0.25, 0.3) is 0 Å². The summed E-state index contributed by atoms with van der Waals surface area (Å²) in [5, 5.41) is 6.64. The second-order valence-corrected chi connectivity index (χ2v) is 6.30. The van der Waals surface area contributed by atoms with Crippen molar-refractivity contribution in [1.29, 1.82) is 0 Å². The van der Waals surface area contributed by atoms with Crippen LogP contribution >= 0.6 is 0 Å². The summed E-state index contributed by atoms with van der Waals surface area (Å²) in [5.74, 6) is 2.56. The van der Waals surface area contributed by atoms with Gasteiger partial charge in [0.05, 0.1) is 14.2 Å². The first-order chi connectivity index (χ1) is 13.0. The van der Waals surface area contributed by atoms with Gasteiger partial charge in [0, 0.05) is 29.2 Å². The van der Waals surface area contributed by atoms with Gasteiger partial charge in [-0.05, 0) is 44.0 Å². The lowest BCUT2D eigenvalue weighted by Gasteiger charge is -2.14. The van der Waals surface area contributed by atoms with Crippen molar-refractivity contribution in [3.05, 3.63) is 59.3 Å². The van der Waals surface area contributed by atoms with E-state index in [4.69, 9.17) is 9.47 Å². The van der Waals surface area contributed by atoms with Gasteiger partial charge in [-0.25, -0.2) is 4.98 Å². The number of aromatic nitrogens is 2. The van der Waals surface area contributed by atoms with Crippen LogP contribution < -0.4 is 20.1 Å². The lowest BCUT2D eigenvalue weighted by Crippen LogP contribution is -2.04. The number of ether oxygens (including phenoxy) is 2. The molecule has 0 unspecified atom stereocenters. The zero-order chi connectivity index (χ0) is 19.4. The minimum atomic E-state index is 0.510. The van der Waals surface area contributed by atoms with Crippen LogP contribution in [0.3, 0.4) is 0 Å². The fourth-order valence-corrected chi connectivity index (χ4v) is 2.87. The number of nitrogens with zero attached hydrogens (tertiary/aromatic N) is 2. The van der Waals surface area contributed by atoms with E-state index in [1.54, 1.807) is 14.2 Å². The molecule has 3 rings (SSSR count). The van der Waals surface area contributed by atoms with E-state index >= 15 is 0 Å². The third-order valence-electron chi connectivity index (χ3n) is 4.23. The molecule has 0 fully saturated rings. The third kappa shape index (κ3) is 4.28. The van der Waals surface area contributed by atoms with Gasteiger partial charge in [-0.15, -0.1) is 0 Å². The topological polar surface area (TPSA) is 68.3 Å². The molecule has 2 aromatic carbocycles. The summed E-state index contributed by atoms with van der Waals surface area (Å²) < 4.78 is 10.6. The molecule has 0 amide bonds. The summed E-state index contributed by atoms with van der Waals surface area (Å²) in [5.41, 5.74) is 5.08. The first-order valence-electron chi connectivity index (χ1n) is 8.68. The molecular weight excluding hydrogens is 340 g/mol. The molecule has 1 heterocycles. The molecule has 6 nitrogen and oxygen atoms in total. The molecule has 0 aliphatic heterocycles. The van der Waals surface area contributed by atoms with Gasteiger partial charge in [0.15, 0.2) is 11.5 Å². The van der Waals surface area contributed by atoms with Crippen LogP contribution in [0.4, 0.5) is 23.1 Å². The Morgan fingerprint density at radius 2 is 1.48 bits per heavy atom. The summed E-state index contributed by atoms with van der Waals surface area (Å²) in [6.07, 6.45) is 0. The number of rotatable bonds is 6. The monoisotopic (exact) mass is 364 g/mol. The fourth-order valence-electron chi connectivity index (χ4n) is 2.87. The standard InChI is InChI=1S/C21H24N4O2/c1-13-7-6-8-14(2)20(13)24-19-11-15(3)22-21(25-19)23-16-9-10-17(26-4)18(12-16)27-5/h6-12H,1-5H3,(H2,22,23,24,25). The maximum Gasteiger partial charge on any atom is 0.229 e. The van der Waals surface area contributed by atoms with Gasteiger partial charge in [-0.3, -0.25) is 0 Å². The van der Waals surface area contributed by atoms with Crippen LogP contribution in [0.1, 0.15) is 16.8 Å². The van der Waals surface area contributed by atoms with Crippen molar-refractivity contribution in [2.45, 2.75) is 20.8 Å². The predicted octanol–water partition coefficient (Wildman–Crippen LogP) is 4.91. The van der Waals surface area contributed by atoms with Crippen LogP contribution in [0.15, 0.2) is 42.5 Å². The zero-order valence-electron chi connectivity index (χ0n) is 16.3. The molecule has 0 aliphatic rings. The molecule has 3 aromatic rings. The van der Waals surface area contributed by atoms with Gasteiger partial charge in [-0.2, -0.15) is 4.98 Å². The quantitative estimate of drug-likeness (QED) is 0.648. The second kappa shape index (κ2) is 7.95. The van der Waals surface area contributed by atoms with E-state index in [0.717, 1.165) is 22.9 Å². The molecule has 0 aliphatic carbocycles. The second-order valence-electron chi connectivity index (χ2n) is 6.30. The van der Waals surface area contributed by atoms with Gasteiger partial charge >= 0.3 is 0 Å². The van der Waals surface area contributed by atoms with Gasteiger partial charge in [0.2, 0.25) is 5.95 Å². The average Bonchev–Trinajstić information content (AvgIpc) is 2.64. The van der Waals surface area contributed by atoms with Crippen molar-refractivity contribution in [3.8, 4) is 11.5 Å². The Hall–Kier alpha value is -3.28. The third-order valence-corrected chi connectivity index (χ3v) is 4.23. The summed E-state index contributed by atoms with van der Waals surface area (Å²) >= 11 is 0. The van der Waals surface area contributed by atoms with Crippen LogP contribution in [0, 0.1) is 20.8 Å². The maximum absolute atomic E-state index is 5.35. The number of hydrogen-bond acceptors (Lipinski definition) is 6. The first-order valence-corrected chi connectivity index (χ1v) is 8.68. The van der Waals surface area contributed by atoms with E-state index < -0.39 is 0 Å². The van der Waals surface area contributed by atoms with Crippen molar-refractivity contribution in [2.75, 3.05) is 24.9 Å². The highest BCUT2D eigenvalue weighted by Crippen LogP contribution is 2.31. The van der Waals surface area contributed by atoms with Crippen molar-refractivity contribution in [1.82, 2.24) is 9.97 Å². The lowest BCUT2D eigenvalue weighted by molar-refractivity contribution is 0.355. The zero-order valence-corrected chi connectivity index (χ0v) is 16.3. The predicted molar refractivity (Wildman–Crippen MR) is 109 cm³/mol. The Kier molecular flexibility index (Phi) is 5.45. The van der Waals surface area contributed by atoms with Crippen LogP contribution in [-0.4, -0.2) is 24.2 Å². The molecular formula is C21H24N4O2. The molecule has 0 saturated heterocycles. The highest BCUT2D eigenvalue weighted by Gasteiger charge is 2.09. The minimum Gasteiger partial charge on any atom is -0.493 e. The SMILES string of the molecule is COc1ccc(Nc2nc(C)cc(Nc3c(C)cccc3C)n2)cc1OC. The Balaban J connectivity index is 1.88. The number of para-hydroxylation sites is 1. The normalized spacial score (nSPS) is 10.4. The number of anilines is 4. The lowest BCUT2D eigenvalue weighted by atomic mass is 10.1. The molecule has 0 radical (unpaired) electrons. The molecule has 1 aromatic heterocycles. The van der Waals surface area contributed by atoms with E-state index in [2.05, 4.69) is 46.6 Å². The van der Waals surface area contributed by atoms with Crippen molar-refractivity contribution in [3.63, 3.8) is 0 Å². The van der Waals surface area contributed by atoms with Gasteiger partial charge in [0.1, 0.15) is 5.82 Å². The summed E-state index contributed by atoms with van der Waals surface area (Å²) in [7, 11) is 3.22. The maximum atomic E-state index is 5.35. The van der Waals surface area contributed by atoms with Crippen LogP contribution in [0.5, 0.6) is 11.5 Å². The Morgan fingerprint density at radius 1 is 0.778 bits per heavy atom. The van der Waals surface area contributed by atoms with Crippen LogP contribution in [0.2, 0.25) is 0 Å². The Bertz CT molecular complexity index is 937. The van der Waals surface area contributed by atoms with E-state index in [9.17, 15) is 0 Å². The van der Waals surface area contributed by atoms with Crippen molar-refractivity contribution >= 4 is 23.1 Å². The molecule has 2 N–H and O–H groups in total. The van der Waals surface area contributed by atoms with Gasteiger partial charge < -0.3 is 20.1 Å². The van der Waals surface area contributed by atoms with E-state index in [1.165, 1.54) is 11.1 Å². The Labute approximate surface area is 159 Å². The number of methoxy groups -OCH3 is 2. The van der Waals surface area contributed by atoms with E-state index in [-0.39, 0.29) is 0 Å². The molecule has 6 heteroatoms. The van der Waals surface area contributed by atoms with E-state index in [0.29, 0.717) is 17.4 Å². The molecule has 0 bridgehead atoms. The molecule has 140 valence electrons. The first kappa shape index (κ1) is 18.5. The average molecular weight is 364 g/mol. The van der Waals surface area contributed by atoms with Crippen LogP contribution in [-0.2, 0) is 0 Å². The molecule has 27 heavy (non-hydrogen) atoms. The molecule has 0 saturated carbocycles. The highest BCUT2D eigenvalue weighted by atomic mass is 16.5. The number of aryl methyl sites for hydroxylation is 3. The van der Waals surface area contributed by atoms with Crippen molar-refractivity contribution < 1.29 is 9.47 Å². The van der Waals surface area contributed by atoms with E-state index in [1.807, 2.05) is 37.3 Å². The number of benzene rings is 2. The van der Waals surface area contributed by atoms with Crippen molar-refractivity contribution in [2.24, 2.45) is 0 Å². The smallest absolute Gasteiger partial charge is 0.229 e. The minimum absolute atomic E-state index is 0.510. The van der Waals surface area contributed by atoms with Gasteiger partial charge in [0.25, 0.3) is 0 Å². The number of hydrogen-bond donors (Lipinski definition) is 2. The Morgan fingerprint density at radius 3 is 2.15 bits per heavy atom. The van der Waals surface area contributed by atoms with Gasteiger partial charge in [-0.1, -0.05) is 18.2 Å². The summed E-state index contributed by atoms with van der Waals surface area (Å²) in [6.45, 7) is 6.09. The highest BCUT2D eigenvalue weighted by molar-refractivity contribution is 5.66. The summed E-state index contributed by atoms with van der Waals surface area (Å²) in [4.78, 5) is 9.08.